The van der Waals surface area contributed by atoms with Crippen LogP contribution in [0.1, 0.15) is 43.6 Å². The van der Waals surface area contributed by atoms with Crippen LogP contribution in [0.25, 0.3) is 17.0 Å². The quantitative estimate of drug-likeness (QED) is 0.591. The highest BCUT2D eigenvalue weighted by atomic mass is 16.3. The number of rotatable bonds is 5. The monoisotopic (exact) mass is 378 g/mol. The average molecular weight is 378 g/mol. The Hall–Kier alpha value is -3.12. The van der Waals surface area contributed by atoms with E-state index in [0.717, 1.165) is 16.6 Å². The second-order valence-corrected chi connectivity index (χ2v) is 7.53. The summed E-state index contributed by atoms with van der Waals surface area (Å²) in [4.78, 5) is 21.8. The van der Waals surface area contributed by atoms with Crippen molar-refractivity contribution in [3.63, 3.8) is 0 Å². The van der Waals surface area contributed by atoms with Crippen LogP contribution in [0.2, 0.25) is 0 Å². The Labute approximate surface area is 164 Å². The highest BCUT2D eigenvalue weighted by Gasteiger charge is 2.20. The standard InChI is InChI=1S/C22H26N4O2/c1-14(19-12-16-7-5-6-8-18(16)25-19)26(4)20(27)10-9-15-11-17(22(2,3)28)21(23)24-13-15/h5-14,25,28H,1-4H3,(H2,23,24)/b10-9+. The number of carbonyl (C=O) groups excluding carboxylic acids is 1. The fourth-order valence-electron chi connectivity index (χ4n) is 3.08. The van der Waals surface area contributed by atoms with Crippen molar-refractivity contribution in [1.82, 2.24) is 14.9 Å². The van der Waals surface area contributed by atoms with E-state index in [1.807, 2.05) is 31.2 Å². The summed E-state index contributed by atoms with van der Waals surface area (Å²) in [6, 6.07) is 11.7. The number of hydrogen-bond donors (Lipinski definition) is 3. The predicted molar refractivity (Wildman–Crippen MR) is 112 cm³/mol. The van der Waals surface area contributed by atoms with Crippen LogP contribution in [-0.4, -0.2) is 32.9 Å². The maximum Gasteiger partial charge on any atom is 0.246 e. The van der Waals surface area contributed by atoms with Crippen LogP contribution in [0.15, 0.2) is 48.7 Å². The number of aliphatic hydroxyl groups is 1. The summed E-state index contributed by atoms with van der Waals surface area (Å²) >= 11 is 0. The van der Waals surface area contributed by atoms with Crippen LogP contribution in [0.5, 0.6) is 0 Å². The fourth-order valence-corrected chi connectivity index (χ4v) is 3.08. The summed E-state index contributed by atoms with van der Waals surface area (Å²) in [6.07, 6.45) is 4.76. The Morgan fingerprint density at radius 3 is 2.71 bits per heavy atom. The number of nitrogen functional groups attached to an aromatic ring is 1. The van der Waals surface area contributed by atoms with Gasteiger partial charge in [0, 0.05) is 36.1 Å². The first-order valence-electron chi connectivity index (χ1n) is 9.17. The number of aromatic amines is 1. The number of benzene rings is 1. The Kier molecular flexibility index (Phi) is 5.25. The van der Waals surface area contributed by atoms with Crippen LogP contribution in [-0.2, 0) is 10.4 Å². The van der Waals surface area contributed by atoms with E-state index in [4.69, 9.17) is 5.73 Å². The van der Waals surface area contributed by atoms with Gasteiger partial charge in [-0.2, -0.15) is 0 Å². The maximum absolute atomic E-state index is 12.6. The molecule has 2 aromatic heterocycles. The van der Waals surface area contributed by atoms with Crippen molar-refractivity contribution in [1.29, 1.82) is 0 Å². The molecule has 0 aliphatic heterocycles. The van der Waals surface area contributed by atoms with Crippen molar-refractivity contribution in [2.24, 2.45) is 0 Å². The molecule has 0 fully saturated rings. The van der Waals surface area contributed by atoms with Crippen LogP contribution in [0.4, 0.5) is 5.82 Å². The third kappa shape index (κ3) is 4.07. The molecule has 0 saturated heterocycles. The van der Waals surface area contributed by atoms with E-state index >= 15 is 0 Å². The van der Waals surface area contributed by atoms with Gasteiger partial charge in [-0.3, -0.25) is 4.79 Å². The lowest BCUT2D eigenvalue weighted by Gasteiger charge is -2.23. The molecule has 1 atom stereocenters. The number of hydrogen-bond acceptors (Lipinski definition) is 4. The van der Waals surface area contributed by atoms with Crippen molar-refractivity contribution in [3.8, 4) is 0 Å². The second-order valence-electron chi connectivity index (χ2n) is 7.53. The lowest BCUT2D eigenvalue weighted by atomic mass is 9.97. The summed E-state index contributed by atoms with van der Waals surface area (Å²) in [5, 5.41) is 11.3. The first-order valence-corrected chi connectivity index (χ1v) is 9.17. The number of para-hydroxylation sites is 1. The van der Waals surface area contributed by atoms with Gasteiger partial charge in [-0.25, -0.2) is 4.98 Å². The first kappa shape index (κ1) is 19.6. The minimum Gasteiger partial charge on any atom is -0.386 e. The molecule has 1 unspecified atom stereocenters. The van der Waals surface area contributed by atoms with E-state index < -0.39 is 5.60 Å². The lowest BCUT2D eigenvalue weighted by molar-refractivity contribution is -0.126. The van der Waals surface area contributed by atoms with Crippen LogP contribution in [0, 0.1) is 0 Å². The van der Waals surface area contributed by atoms with E-state index in [2.05, 4.69) is 16.0 Å². The first-order chi connectivity index (χ1) is 13.2. The van der Waals surface area contributed by atoms with Gasteiger partial charge in [0.15, 0.2) is 0 Å². The Morgan fingerprint density at radius 1 is 1.32 bits per heavy atom. The number of carbonyl (C=O) groups is 1. The van der Waals surface area contributed by atoms with Gasteiger partial charge >= 0.3 is 0 Å². The van der Waals surface area contributed by atoms with Crippen molar-refractivity contribution in [2.45, 2.75) is 32.4 Å². The molecule has 0 aliphatic rings. The molecule has 0 bridgehead atoms. The number of anilines is 1. The molecule has 0 saturated carbocycles. The van der Waals surface area contributed by atoms with Gasteiger partial charge in [-0.1, -0.05) is 18.2 Å². The third-order valence-corrected chi connectivity index (χ3v) is 4.95. The van der Waals surface area contributed by atoms with Gasteiger partial charge in [0.05, 0.1) is 11.6 Å². The zero-order valence-corrected chi connectivity index (χ0v) is 16.6. The van der Waals surface area contributed by atoms with Crippen LogP contribution in [0.3, 0.4) is 0 Å². The van der Waals surface area contributed by atoms with E-state index in [1.54, 1.807) is 44.1 Å². The molecular weight excluding hydrogens is 352 g/mol. The maximum atomic E-state index is 12.6. The van der Waals surface area contributed by atoms with Gasteiger partial charge in [-0.15, -0.1) is 0 Å². The van der Waals surface area contributed by atoms with Gasteiger partial charge in [-0.05, 0) is 56.0 Å². The summed E-state index contributed by atoms with van der Waals surface area (Å²) in [7, 11) is 1.77. The van der Waals surface area contributed by atoms with Crippen molar-refractivity contribution < 1.29 is 9.90 Å². The molecule has 3 aromatic rings. The molecule has 1 aromatic carbocycles. The number of H-pyrrole nitrogens is 1. The highest BCUT2D eigenvalue weighted by molar-refractivity contribution is 5.92. The summed E-state index contributed by atoms with van der Waals surface area (Å²) in [5.41, 5.74) is 7.99. The highest BCUT2D eigenvalue weighted by Crippen LogP contribution is 2.26. The summed E-state index contributed by atoms with van der Waals surface area (Å²) < 4.78 is 0. The SMILES string of the molecule is CC(c1cc2ccccc2[nH]1)N(C)C(=O)/C=C/c1cnc(N)c(C(C)(C)O)c1. The molecule has 6 heteroatoms. The number of nitrogens with two attached hydrogens (primary N) is 1. The smallest absolute Gasteiger partial charge is 0.246 e. The minimum atomic E-state index is -1.11. The Balaban J connectivity index is 1.76. The van der Waals surface area contributed by atoms with E-state index in [-0.39, 0.29) is 17.8 Å². The number of amides is 1. The number of pyridine rings is 1. The van der Waals surface area contributed by atoms with Gasteiger partial charge in [0.2, 0.25) is 5.91 Å². The molecule has 0 radical (unpaired) electrons. The van der Waals surface area contributed by atoms with Crippen molar-refractivity contribution in [3.05, 3.63) is 65.5 Å². The number of nitrogens with zero attached hydrogens (tertiary/aromatic N) is 2. The molecule has 28 heavy (non-hydrogen) atoms. The van der Waals surface area contributed by atoms with E-state index in [9.17, 15) is 9.90 Å². The molecule has 4 N–H and O–H groups in total. The second kappa shape index (κ2) is 7.48. The van der Waals surface area contributed by atoms with Gasteiger partial charge in [0.25, 0.3) is 0 Å². The minimum absolute atomic E-state index is 0.110. The van der Waals surface area contributed by atoms with Crippen LogP contribution >= 0.6 is 0 Å². The number of likely N-dealkylation sites (N-methyl/N-ethyl adjacent to an activating group) is 1. The third-order valence-electron chi connectivity index (χ3n) is 4.95. The molecule has 2 heterocycles. The van der Waals surface area contributed by atoms with Gasteiger partial charge in [0.1, 0.15) is 5.82 Å². The molecule has 0 aliphatic carbocycles. The predicted octanol–water partition coefficient (Wildman–Crippen LogP) is 3.61. The summed E-state index contributed by atoms with van der Waals surface area (Å²) in [5.74, 6) is 0.147. The molecule has 6 nitrogen and oxygen atoms in total. The topological polar surface area (TPSA) is 95.2 Å². The van der Waals surface area contributed by atoms with Crippen molar-refractivity contribution >= 4 is 28.7 Å². The van der Waals surface area contributed by atoms with E-state index in [0.29, 0.717) is 11.1 Å². The van der Waals surface area contributed by atoms with E-state index in [1.165, 1.54) is 6.08 Å². The number of aromatic nitrogens is 2. The average Bonchev–Trinajstić information content (AvgIpc) is 3.09. The van der Waals surface area contributed by atoms with Crippen molar-refractivity contribution in [2.75, 3.05) is 12.8 Å². The largest absolute Gasteiger partial charge is 0.386 e. The Bertz CT molecular complexity index is 997. The number of fused-ring (bicyclic) bond motifs is 1. The fraction of sp³-hybridized carbons (Fsp3) is 0.273. The summed E-state index contributed by atoms with van der Waals surface area (Å²) in [6.45, 7) is 5.28. The zero-order chi connectivity index (χ0) is 20.5. The molecule has 3 rings (SSSR count). The normalized spacial score (nSPS) is 13.2. The molecular formula is C22H26N4O2. The van der Waals surface area contributed by atoms with Crippen LogP contribution < -0.4 is 5.73 Å². The zero-order valence-electron chi connectivity index (χ0n) is 16.6. The molecule has 0 spiro atoms. The van der Waals surface area contributed by atoms with Gasteiger partial charge < -0.3 is 20.7 Å². The molecule has 146 valence electrons. The lowest BCUT2D eigenvalue weighted by Crippen LogP contribution is -2.28. The Morgan fingerprint density at radius 2 is 2.04 bits per heavy atom. The molecule has 1 amide bonds. The number of nitrogens with one attached hydrogen (secondary N) is 1.